The Balaban J connectivity index is 1.37. The van der Waals surface area contributed by atoms with Crippen LogP contribution in [0.1, 0.15) is 24.1 Å². The van der Waals surface area contributed by atoms with Gasteiger partial charge in [-0.1, -0.05) is 42.5 Å². The Morgan fingerprint density at radius 3 is 2.76 bits per heavy atom. The zero-order valence-corrected chi connectivity index (χ0v) is 19.7. The molecule has 1 atom stereocenters. The number of nitrogens with one attached hydrogen (secondary N) is 1. The van der Waals surface area contributed by atoms with Gasteiger partial charge in [-0.05, 0) is 42.8 Å². The average Bonchev–Trinajstić information content (AvgIpc) is 3.48. The summed E-state index contributed by atoms with van der Waals surface area (Å²) in [5.74, 6) is 0.857. The van der Waals surface area contributed by atoms with Gasteiger partial charge in [-0.3, -0.25) is 0 Å². The Bertz CT molecular complexity index is 1290. The topological polar surface area (TPSA) is 70.8 Å². The summed E-state index contributed by atoms with van der Waals surface area (Å²) in [7, 11) is 2.16. The van der Waals surface area contributed by atoms with Crippen LogP contribution in [-0.2, 0) is 6.42 Å². The summed E-state index contributed by atoms with van der Waals surface area (Å²) in [4.78, 5) is 14.3. The number of hydrogen-bond acceptors (Lipinski definition) is 7. The van der Waals surface area contributed by atoms with Gasteiger partial charge in [0, 0.05) is 38.6 Å². The van der Waals surface area contributed by atoms with Crippen molar-refractivity contribution in [2.24, 2.45) is 0 Å². The number of aromatic nitrogens is 4. The third-order valence-electron chi connectivity index (χ3n) is 7.14. The van der Waals surface area contributed by atoms with E-state index in [0.29, 0.717) is 18.7 Å². The van der Waals surface area contributed by atoms with Crippen molar-refractivity contribution in [2.45, 2.75) is 25.3 Å². The number of piperazine rings is 1. The SMILES string of the molecule is CN1CCC[C@H]1COc1nc(N2CCNCC2)c2ncc(Cc3cccc4ccccc34)n2n1. The van der Waals surface area contributed by atoms with Crippen molar-refractivity contribution in [3.05, 3.63) is 59.9 Å². The largest absolute Gasteiger partial charge is 0.461 e. The van der Waals surface area contributed by atoms with E-state index in [1.165, 1.54) is 22.8 Å². The van der Waals surface area contributed by atoms with Gasteiger partial charge in [-0.25, -0.2) is 9.50 Å². The van der Waals surface area contributed by atoms with Gasteiger partial charge in [-0.2, -0.15) is 4.98 Å². The van der Waals surface area contributed by atoms with Gasteiger partial charge in [0.25, 0.3) is 0 Å². The fraction of sp³-hybridized carbons (Fsp3) is 0.423. The van der Waals surface area contributed by atoms with Crippen LogP contribution in [0.25, 0.3) is 16.4 Å². The molecule has 0 amide bonds. The van der Waals surface area contributed by atoms with Crippen LogP contribution in [0.2, 0.25) is 0 Å². The molecular formula is C26H31N7O. The Hall–Kier alpha value is -3.23. The molecule has 34 heavy (non-hydrogen) atoms. The summed E-state index contributed by atoms with van der Waals surface area (Å²) in [6.45, 7) is 5.38. The second-order valence-electron chi connectivity index (χ2n) is 9.34. The zero-order chi connectivity index (χ0) is 22.9. The van der Waals surface area contributed by atoms with Crippen LogP contribution < -0.4 is 15.0 Å². The van der Waals surface area contributed by atoms with E-state index < -0.39 is 0 Å². The molecule has 0 saturated carbocycles. The number of anilines is 1. The van der Waals surface area contributed by atoms with Gasteiger partial charge in [-0.15, -0.1) is 5.10 Å². The Morgan fingerprint density at radius 2 is 1.91 bits per heavy atom. The lowest BCUT2D eigenvalue weighted by molar-refractivity contribution is 0.186. The number of rotatable bonds is 6. The molecule has 1 N–H and O–H groups in total. The molecular weight excluding hydrogens is 426 g/mol. The fourth-order valence-electron chi connectivity index (χ4n) is 5.17. The molecule has 0 bridgehead atoms. The highest BCUT2D eigenvalue weighted by molar-refractivity contribution is 5.85. The Kier molecular flexibility index (Phi) is 5.76. The third-order valence-corrected chi connectivity index (χ3v) is 7.14. The first-order valence-corrected chi connectivity index (χ1v) is 12.3. The number of imidazole rings is 1. The highest BCUT2D eigenvalue weighted by Crippen LogP contribution is 2.26. The van der Waals surface area contributed by atoms with Crippen molar-refractivity contribution in [1.29, 1.82) is 0 Å². The molecule has 176 valence electrons. The number of nitrogens with zero attached hydrogens (tertiary/aromatic N) is 6. The highest BCUT2D eigenvalue weighted by Gasteiger charge is 2.24. The molecule has 4 heterocycles. The van der Waals surface area contributed by atoms with Crippen molar-refractivity contribution < 1.29 is 4.74 Å². The molecule has 2 aromatic heterocycles. The first kappa shape index (κ1) is 21.3. The average molecular weight is 458 g/mol. The zero-order valence-electron chi connectivity index (χ0n) is 19.7. The first-order valence-electron chi connectivity index (χ1n) is 12.3. The Morgan fingerprint density at radius 1 is 1.06 bits per heavy atom. The Labute approximate surface area is 199 Å². The highest BCUT2D eigenvalue weighted by atomic mass is 16.5. The maximum Gasteiger partial charge on any atom is 0.336 e. The minimum absolute atomic E-state index is 0.417. The fourth-order valence-corrected chi connectivity index (χ4v) is 5.17. The maximum atomic E-state index is 6.19. The van der Waals surface area contributed by atoms with Crippen LogP contribution in [-0.4, -0.2) is 76.9 Å². The molecule has 2 fully saturated rings. The second kappa shape index (κ2) is 9.19. The summed E-state index contributed by atoms with van der Waals surface area (Å²) in [6.07, 6.45) is 5.05. The smallest absolute Gasteiger partial charge is 0.336 e. The molecule has 0 radical (unpaired) electrons. The van der Waals surface area contributed by atoms with E-state index in [0.717, 1.165) is 62.7 Å². The van der Waals surface area contributed by atoms with Crippen molar-refractivity contribution in [1.82, 2.24) is 29.8 Å². The molecule has 2 aliphatic heterocycles. The molecule has 8 nitrogen and oxygen atoms in total. The third kappa shape index (κ3) is 4.08. The number of benzene rings is 2. The van der Waals surface area contributed by atoms with E-state index in [2.05, 4.69) is 64.6 Å². The van der Waals surface area contributed by atoms with Gasteiger partial charge in [0.2, 0.25) is 0 Å². The van der Waals surface area contributed by atoms with Crippen molar-refractivity contribution in [3.8, 4) is 6.01 Å². The van der Waals surface area contributed by atoms with E-state index in [-0.39, 0.29) is 0 Å². The number of fused-ring (bicyclic) bond motifs is 2. The summed E-state index contributed by atoms with van der Waals surface area (Å²) in [6, 6.07) is 15.8. The number of likely N-dealkylation sites (N-methyl/N-ethyl adjacent to an activating group) is 1. The summed E-state index contributed by atoms with van der Waals surface area (Å²) >= 11 is 0. The lowest BCUT2D eigenvalue weighted by Gasteiger charge is -2.28. The summed E-state index contributed by atoms with van der Waals surface area (Å²) < 4.78 is 8.13. The van der Waals surface area contributed by atoms with Crippen molar-refractivity contribution in [2.75, 3.05) is 51.3 Å². The first-order chi connectivity index (χ1) is 16.8. The van der Waals surface area contributed by atoms with Gasteiger partial charge >= 0.3 is 6.01 Å². The van der Waals surface area contributed by atoms with E-state index in [1.54, 1.807) is 0 Å². The van der Waals surface area contributed by atoms with Gasteiger partial charge in [0.1, 0.15) is 6.61 Å². The standard InChI is InChI=1S/C26H31N7O/c1-31-13-5-9-21(31)18-34-26-29-25(32-14-11-27-12-15-32)24-28-17-22(33(24)30-26)16-20-8-4-7-19-6-2-3-10-23(19)20/h2-4,6-8,10,17,21,27H,5,9,11-16,18H2,1H3/t21-/m0/s1. The van der Waals surface area contributed by atoms with E-state index >= 15 is 0 Å². The van der Waals surface area contributed by atoms with Crippen LogP contribution in [0.4, 0.5) is 5.82 Å². The van der Waals surface area contributed by atoms with Crippen molar-refractivity contribution >= 4 is 22.2 Å². The molecule has 0 spiro atoms. The van der Waals surface area contributed by atoms with Crippen LogP contribution in [0.3, 0.4) is 0 Å². The van der Waals surface area contributed by atoms with Crippen molar-refractivity contribution in [3.63, 3.8) is 0 Å². The summed E-state index contributed by atoms with van der Waals surface area (Å²) in [5.41, 5.74) is 3.09. The predicted molar refractivity (Wildman–Crippen MR) is 134 cm³/mol. The number of hydrogen-bond donors (Lipinski definition) is 1. The van der Waals surface area contributed by atoms with E-state index in [4.69, 9.17) is 19.8 Å². The second-order valence-corrected chi connectivity index (χ2v) is 9.34. The van der Waals surface area contributed by atoms with Gasteiger partial charge in [0.05, 0.1) is 11.9 Å². The number of likely N-dealkylation sites (tertiary alicyclic amines) is 1. The van der Waals surface area contributed by atoms with Crippen LogP contribution in [0, 0.1) is 0 Å². The maximum absolute atomic E-state index is 6.19. The minimum Gasteiger partial charge on any atom is -0.461 e. The van der Waals surface area contributed by atoms with Crippen LogP contribution in [0.5, 0.6) is 6.01 Å². The molecule has 6 rings (SSSR count). The molecule has 8 heteroatoms. The normalized spacial score (nSPS) is 19.3. The predicted octanol–water partition coefficient (Wildman–Crippen LogP) is 2.75. The monoisotopic (exact) mass is 457 g/mol. The van der Waals surface area contributed by atoms with E-state index in [9.17, 15) is 0 Å². The molecule has 2 aromatic carbocycles. The lowest BCUT2D eigenvalue weighted by Crippen LogP contribution is -2.44. The molecule has 0 unspecified atom stereocenters. The van der Waals surface area contributed by atoms with Crippen LogP contribution in [0.15, 0.2) is 48.7 Å². The lowest BCUT2D eigenvalue weighted by atomic mass is 10.0. The molecule has 2 aliphatic rings. The van der Waals surface area contributed by atoms with Gasteiger partial charge < -0.3 is 19.9 Å². The molecule has 4 aromatic rings. The number of ether oxygens (including phenoxy) is 1. The molecule has 0 aliphatic carbocycles. The summed E-state index contributed by atoms with van der Waals surface area (Å²) in [5, 5.41) is 10.7. The minimum atomic E-state index is 0.417. The quantitative estimate of drug-likeness (QED) is 0.477. The van der Waals surface area contributed by atoms with Crippen LogP contribution >= 0.6 is 0 Å². The van der Waals surface area contributed by atoms with E-state index in [1.807, 2.05) is 10.7 Å². The van der Waals surface area contributed by atoms with Gasteiger partial charge in [0.15, 0.2) is 11.5 Å². The molecule has 2 saturated heterocycles.